The quantitative estimate of drug-likeness (QED) is 0.120. The van der Waals surface area contributed by atoms with Crippen molar-refractivity contribution in [1.29, 1.82) is 0 Å². The molecule has 0 aromatic rings. The average molecular weight is 433 g/mol. The first-order chi connectivity index (χ1) is 14.1. The molecule has 0 N–H and O–H groups in total. The van der Waals surface area contributed by atoms with Gasteiger partial charge < -0.3 is 14.6 Å². The number of aliphatic carboxylic acids is 1. The normalized spacial score (nSPS) is 10.7. The molecule has 168 valence electrons. The smallest absolute Gasteiger partial charge is 0.550 e. The van der Waals surface area contributed by atoms with Crippen LogP contribution in [0.4, 0.5) is 0 Å². The molecule has 0 aromatic heterocycles. The van der Waals surface area contributed by atoms with E-state index in [1.54, 1.807) is 0 Å². The van der Waals surface area contributed by atoms with Gasteiger partial charge in [0, 0.05) is 18.8 Å². The van der Waals surface area contributed by atoms with Gasteiger partial charge in [-0.2, -0.15) is 0 Å². The van der Waals surface area contributed by atoms with Crippen LogP contribution in [0.25, 0.3) is 0 Å². The van der Waals surface area contributed by atoms with E-state index in [-0.39, 0.29) is 61.2 Å². The Hall–Kier alpha value is -0.650. The van der Waals surface area contributed by atoms with Crippen molar-refractivity contribution in [3.8, 4) is 0 Å². The van der Waals surface area contributed by atoms with Crippen molar-refractivity contribution in [3.05, 3.63) is 12.2 Å². The summed E-state index contributed by atoms with van der Waals surface area (Å²) in [5.41, 5.74) is 0. The van der Waals surface area contributed by atoms with Crippen molar-refractivity contribution in [2.75, 3.05) is 6.61 Å². The van der Waals surface area contributed by atoms with E-state index < -0.39 is 11.9 Å². The Kier molecular flexibility index (Phi) is 25.9. The van der Waals surface area contributed by atoms with Gasteiger partial charge in [0.25, 0.3) is 0 Å². The minimum atomic E-state index is -1.28. The van der Waals surface area contributed by atoms with Crippen LogP contribution in [0.3, 0.4) is 0 Å². The van der Waals surface area contributed by atoms with Gasteiger partial charge in [-0.15, -0.1) is 0 Å². The van der Waals surface area contributed by atoms with Gasteiger partial charge in [-0.3, -0.25) is 9.59 Å². The van der Waals surface area contributed by atoms with E-state index >= 15 is 0 Å². The Morgan fingerprint density at radius 1 is 0.700 bits per heavy atom. The second-order valence-corrected chi connectivity index (χ2v) is 7.72. The summed E-state index contributed by atoms with van der Waals surface area (Å²) in [5.74, 6) is -1.78. The number of Topliss-reactive ketones (excluding diaryl/α,β-unsaturated/α-hetero) is 1. The SMILES string of the molecule is CCCCCCCCC=CCCCCCCCC(=O)CCOC(=O)CCC(=O)[O-].[Na+]. The fraction of sp³-hybridized carbons (Fsp3) is 0.792. The van der Waals surface area contributed by atoms with Crippen molar-refractivity contribution in [3.63, 3.8) is 0 Å². The number of ketones is 1. The third-order valence-electron chi connectivity index (χ3n) is 4.89. The van der Waals surface area contributed by atoms with Gasteiger partial charge in [-0.1, -0.05) is 70.4 Å². The molecule has 0 heterocycles. The first kappa shape index (κ1) is 31.5. The fourth-order valence-corrected chi connectivity index (χ4v) is 3.07. The van der Waals surface area contributed by atoms with E-state index in [0.29, 0.717) is 6.42 Å². The molecule has 0 atom stereocenters. The third-order valence-corrected chi connectivity index (χ3v) is 4.89. The van der Waals surface area contributed by atoms with E-state index in [4.69, 9.17) is 4.74 Å². The summed E-state index contributed by atoms with van der Waals surface area (Å²) >= 11 is 0. The molecule has 0 aromatic carbocycles. The zero-order chi connectivity index (χ0) is 21.6. The van der Waals surface area contributed by atoms with Gasteiger partial charge in [0.05, 0.1) is 13.0 Å². The van der Waals surface area contributed by atoms with Crippen LogP contribution in [0.2, 0.25) is 0 Å². The fourth-order valence-electron chi connectivity index (χ4n) is 3.07. The van der Waals surface area contributed by atoms with E-state index in [1.165, 1.54) is 57.8 Å². The Labute approximate surface area is 205 Å². The maximum Gasteiger partial charge on any atom is 1.00 e. The number of carboxylic acids is 1. The summed E-state index contributed by atoms with van der Waals surface area (Å²) in [6, 6.07) is 0. The molecule has 0 aliphatic heterocycles. The van der Waals surface area contributed by atoms with Gasteiger partial charge in [0.1, 0.15) is 5.78 Å². The number of unbranched alkanes of at least 4 members (excludes halogenated alkanes) is 11. The minimum absolute atomic E-state index is 0. The Morgan fingerprint density at radius 3 is 1.80 bits per heavy atom. The van der Waals surface area contributed by atoms with Crippen molar-refractivity contribution < 1.29 is 53.8 Å². The summed E-state index contributed by atoms with van der Waals surface area (Å²) < 4.78 is 4.83. The van der Waals surface area contributed by atoms with Gasteiger partial charge in [-0.25, -0.2) is 0 Å². The molecule has 0 saturated carbocycles. The summed E-state index contributed by atoms with van der Waals surface area (Å²) in [6.07, 6.45) is 20.8. The molecule has 5 nitrogen and oxygen atoms in total. The molecule has 0 amide bonds. The first-order valence-electron chi connectivity index (χ1n) is 11.6. The van der Waals surface area contributed by atoms with Crippen molar-refractivity contribution >= 4 is 17.7 Å². The number of hydrogen-bond donors (Lipinski definition) is 0. The molecule has 0 aliphatic rings. The topological polar surface area (TPSA) is 83.5 Å². The number of carbonyl (C=O) groups excluding carboxylic acids is 3. The molecule has 0 saturated heterocycles. The van der Waals surface area contributed by atoms with Crippen molar-refractivity contribution in [2.45, 2.75) is 116 Å². The van der Waals surface area contributed by atoms with E-state index in [2.05, 4.69) is 19.1 Å². The molecule has 0 spiro atoms. The molecule has 0 unspecified atom stereocenters. The van der Waals surface area contributed by atoms with Crippen LogP contribution in [0.1, 0.15) is 116 Å². The predicted molar refractivity (Wildman–Crippen MR) is 114 cm³/mol. The Bertz CT molecular complexity index is 463. The summed E-state index contributed by atoms with van der Waals surface area (Å²) in [5, 5.41) is 10.2. The molecule has 0 bridgehead atoms. The second kappa shape index (κ2) is 24.6. The maximum absolute atomic E-state index is 11.7. The van der Waals surface area contributed by atoms with Crippen molar-refractivity contribution in [1.82, 2.24) is 0 Å². The summed E-state index contributed by atoms with van der Waals surface area (Å²) in [6.45, 7) is 2.29. The molecule has 0 radical (unpaired) electrons. The molecule has 0 aliphatic carbocycles. The predicted octanol–water partition coefficient (Wildman–Crippen LogP) is 2.06. The number of ether oxygens (including phenoxy) is 1. The Morgan fingerprint density at radius 2 is 1.23 bits per heavy atom. The van der Waals surface area contributed by atoms with E-state index in [1.807, 2.05) is 0 Å². The monoisotopic (exact) mass is 432 g/mol. The first-order valence-corrected chi connectivity index (χ1v) is 11.6. The van der Waals surface area contributed by atoms with Crippen LogP contribution in [0.5, 0.6) is 0 Å². The molecule has 30 heavy (non-hydrogen) atoms. The zero-order valence-corrected chi connectivity index (χ0v) is 21.4. The van der Waals surface area contributed by atoms with Gasteiger partial charge in [0.15, 0.2) is 0 Å². The third kappa shape index (κ3) is 25.4. The standard InChI is InChI=1S/C24H42O5.Na/c1-2-3-4-5-6-7-8-9-10-11-12-13-14-15-16-17-22(25)20-21-29-24(28)19-18-23(26)27;/h9-10H,2-8,11-21H2,1H3,(H,26,27);/q;+1/p-1. The van der Waals surface area contributed by atoms with Crippen LogP contribution in [0, 0.1) is 0 Å². The van der Waals surface area contributed by atoms with Crippen LogP contribution >= 0.6 is 0 Å². The Balaban J connectivity index is 0. The van der Waals surface area contributed by atoms with Gasteiger partial charge in [0.2, 0.25) is 0 Å². The number of rotatable bonds is 21. The van der Waals surface area contributed by atoms with Gasteiger partial charge in [-0.05, 0) is 38.5 Å². The maximum atomic E-state index is 11.7. The summed E-state index contributed by atoms with van der Waals surface area (Å²) in [7, 11) is 0. The number of carbonyl (C=O) groups is 3. The molecule has 0 fully saturated rings. The number of hydrogen-bond acceptors (Lipinski definition) is 5. The molecular formula is C24H41NaO5. The number of allylic oxidation sites excluding steroid dienone is 2. The van der Waals surface area contributed by atoms with Crippen LogP contribution in [0.15, 0.2) is 12.2 Å². The zero-order valence-electron chi connectivity index (χ0n) is 19.4. The number of carboxylic acid groups (broad SMARTS) is 1. The molecule has 6 heteroatoms. The number of esters is 1. The van der Waals surface area contributed by atoms with Crippen molar-refractivity contribution in [2.24, 2.45) is 0 Å². The molecule has 0 rings (SSSR count). The van der Waals surface area contributed by atoms with Crippen LogP contribution in [-0.2, 0) is 19.1 Å². The van der Waals surface area contributed by atoms with Crippen LogP contribution in [-0.4, -0.2) is 24.3 Å². The van der Waals surface area contributed by atoms with E-state index in [9.17, 15) is 19.5 Å². The second-order valence-electron chi connectivity index (χ2n) is 7.72. The largest absolute Gasteiger partial charge is 1.00 e. The van der Waals surface area contributed by atoms with Gasteiger partial charge >= 0.3 is 35.5 Å². The summed E-state index contributed by atoms with van der Waals surface area (Å²) in [4.78, 5) is 33.2. The minimum Gasteiger partial charge on any atom is -0.550 e. The van der Waals surface area contributed by atoms with E-state index in [0.717, 1.165) is 25.7 Å². The molecular weight excluding hydrogens is 391 g/mol. The van der Waals surface area contributed by atoms with Crippen LogP contribution < -0.4 is 34.7 Å². The average Bonchev–Trinajstić information content (AvgIpc) is 2.69.